The predicted molar refractivity (Wildman–Crippen MR) is 147 cm³/mol. The number of non-ortho nitro benzene ring substituents is 1. The second-order valence-corrected chi connectivity index (χ2v) is 9.91. The minimum Gasteiger partial charge on any atom is -0.489 e. The molecule has 1 amide bonds. The molecule has 2 aliphatic heterocycles. The number of piperazine rings is 1. The van der Waals surface area contributed by atoms with Gasteiger partial charge < -0.3 is 14.5 Å². The number of amidine groups is 1. The molecule has 0 saturated carbocycles. The van der Waals surface area contributed by atoms with Gasteiger partial charge >= 0.3 is 0 Å². The van der Waals surface area contributed by atoms with Crippen molar-refractivity contribution in [1.82, 2.24) is 4.90 Å². The Labute approximate surface area is 219 Å². The number of hydrogen-bond donors (Lipinski definition) is 0. The number of anilines is 1. The third kappa shape index (κ3) is 6.00. The molecule has 188 valence electrons. The number of aliphatic imine (C=N–C) groups is 1. The molecule has 0 unspecified atom stereocenters. The summed E-state index contributed by atoms with van der Waals surface area (Å²) in [6, 6.07) is 22.3. The van der Waals surface area contributed by atoms with Crippen molar-refractivity contribution in [3.05, 3.63) is 105 Å². The summed E-state index contributed by atoms with van der Waals surface area (Å²) in [6.45, 7) is 5.81. The van der Waals surface area contributed by atoms with Crippen molar-refractivity contribution in [1.29, 1.82) is 0 Å². The zero-order valence-corrected chi connectivity index (χ0v) is 21.2. The summed E-state index contributed by atoms with van der Waals surface area (Å²) in [6.07, 6.45) is 1.85. The first-order chi connectivity index (χ1) is 17.9. The number of rotatable bonds is 6. The molecule has 0 bridgehead atoms. The van der Waals surface area contributed by atoms with E-state index in [1.54, 1.807) is 12.1 Å². The SMILES string of the molecule is Cc1ccc(N2CCN(C3=NC(=O)C(=Cc4ccc(OCc5ccc([N+](=O)[O-])cc5)cc4)S3)CC2)cc1. The van der Waals surface area contributed by atoms with Gasteiger partial charge in [0, 0.05) is 44.0 Å². The fourth-order valence-electron chi connectivity index (χ4n) is 4.14. The van der Waals surface area contributed by atoms with Crippen LogP contribution >= 0.6 is 11.8 Å². The van der Waals surface area contributed by atoms with Gasteiger partial charge in [-0.15, -0.1) is 0 Å². The Kier molecular flexibility index (Phi) is 7.23. The maximum atomic E-state index is 12.6. The van der Waals surface area contributed by atoms with Crippen LogP contribution in [0.15, 0.2) is 82.7 Å². The van der Waals surface area contributed by atoms with E-state index in [1.165, 1.54) is 35.1 Å². The second kappa shape index (κ2) is 10.9. The molecule has 9 heteroatoms. The maximum absolute atomic E-state index is 12.6. The maximum Gasteiger partial charge on any atom is 0.286 e. The van der Waals surface area contributed by atoms with Crippen molar-refractivity contribution >= 4 is 40.3 Å². The molecule has 1 fully saturated rings. The summed E-state index contributed by atoms with van der Waals surface area (Å²) in [5.41, 5.74) is 4.26. The van der Waals surface area contributed by atoms with E-state index in [2.05, 4.69) is 46.0 Å². The molecule has 0 atom stereocenters. The summed E-state index contributed by atoms with van der Waals surface area (Å²) in [5, 5.41) is 11.5. The molecule has 1 saturated heterocycles. The molecular formula is C28H26N4O4S. The number of thioether (sulfide) groups is 1. The van der Waals surface area contributed by atoms with E-state index in [0.29, 0.717) is 17.3 Å². The number of hydrogen-bond acceptors (Lipinski definition) is 7. The van der Waals surface area contributed by atoms with E-state index in [4.69, 9.17) is 4.74 Å². The van der Waals surface area contributed by atoms with Crippen LogP contribution in [0.25, 0.3) is 6.08 Å². The van der Waals surface area contributed by atoms with E-state index >= 15 is 0 Å². The van der Waals surface area contributed by atoms with Crippen LogP contribution in [-0.4, -0.2) is 47.1 Å². The Balaban J connectivity index is 1.14. The molecule has 0 radical (unpaired) electrons. The quantitative estimate of drug-likeness (QED) is 0.251. The number of nitro benzene ring substituents is 1. The summed E-state index contributed by atoms with van der Waals surface area (Å²) < 4.78 is 5.79. The van der Waals surface area contributed by atoms with E-state index in [0.717, 1.165) is 42.5 Å². The molecule has 2 heterocycles. The lowest BCUT2D eigenvalue weighted by Crippen LogP contribution is -2.47. The van der Waals surface area contributed by atoms with Crippen LogP contribution in [-0.2, 0) is 11.4 Å². The lowest BCUT2D eigenvalue weighted by atomic mass is 10.2. The fourth-order valence-corrected chi connectivity index (χ4v) is 5.10. The first-order valence-corrected chi connectivity index (χ1v) is 12.8. The number of amides is 1. The molecule has 0 aliphatic carbocycles. The van der Waals surface area contributed by atoms with Crippen LogP contribution < -0.4 is 9.64 Å². The summed E-state index contributed by atoms with van der Waals surface area (Å²) >= 11 is 1.42. The van der Waals surface area contributed by atoms with Crippen LogP contribution in [0, 0.1) is 17.0 Å². The Hall–Kier alpha value is -4.11. The van der Waals surface area contributed by atoms with E-state index in [9.17, 15) is 14.9 Å². The van der Waals surface area contributed by atoms with Gasteiger partial charge in [-0.25, -0.2) is 0 Å². The zero-order chi connectivity index (χ0) is 25.8. The highest BCUT2D eigenvalue weighted by atomic mass is 32.2. The molecule has 3 aromatic rings. The normalized spacial score (nSPS) is 16.7. The molecule has 3 aromatic carbocycles. The third-order valence-electron chi connectivity index (χ3n) is 6.29. The van der Waals surface area contributed by atoms with Crippen molar-refractivity contribution in [3.8, 4) is 5.75 Å². The van der Waals surface area contributed by atoms with Crippen LogP contribution in [0.2, 0.25) is 0 Å². The van der Waals surface area contributed by atoms with Gasteiger partial charge in [-0.3, -0.25) is 14.9 Å². The Bertz CT molecular complexity index is 1340. The monoisotopic (exact) mass is 514 g/mol. The first-order valence-electron chi connectivity index (χ1n) is 12.0. The largest absolute Gasteiger partial charge is 0.489 e. The van der Waals surface area contributed by atoms with E-state index < -0.39 is 4.92 Å². The standard InChI is InChI=1S/C28H26N4O4S/c1-20-2-8-23(9-3-20)30-14-16-31(17-15-30)28-29-27(33)26(37-28)18-21-6-12-25(13-7-21)36-19-22-4-10-24(11-5-22)32(34)35/h2-13,18H,14-17,19H2,1H3. The summed E-state index contributed by atoms with van der Waals surface area (Å²) in [4.78, 5) is 32.4. The number of ether oxygens (including phenoxy) is 1. The third-order valence-corrected chi connectivity index (χ3v) is 7.33. The second-order valence-electron chi connectivity index (χ2n) is 8.90. The predicted octanol–water partition coefficient (Wildman–Crippen LogP) is 5.27. The minimum absolute atomic E-state index is 0.0529. The van der Waals surface area contributed by atoms with Crippen LogP contribution in [0.1, 0.15) is 16.7 Å². The van der Waals surface area contributed by atoms with Crippen LogP contribution in [0.4, 0.5) is 11.4 Å². The molecule has 0 N–H and O–H groups in total. The van der Waals surface area contributed by atoms with Gasteiger partial charge in [0.2, 0.25) is 0 Å². The molecule has 8 nitrogen and oxygen atoms in total. The number of nitro groups is 1. The Morgan fingerprint density at radius 2 is 1.59 bits per heavy atom. The Morgan fingerprint density at radius 3 is 2.24 bits per heavy atom. The van der Waals surface area contributed by atoms with Crippen molar-refractivity contribution in [2.45, 2.75) is 13.5 Å². The number of carbonyl (C=O) groups is 1. The number of carbonyl (C=O) groups excluding carboxylic acids is 1. The molecule has 37 heavy (non-hydrogen) atoms. The van der Waals surface area contributed by atoms with Crippen molar-refractivity contribution in [2.24, 2.45) is 4.99 Å². The smallest absolute Gasteiger partial charge is 0.286 e. The van der Waals surface area contributed by atoms with Gasteiger partial charge in [0.25, 0.3) is 11.6 Å². The van der Waals surface area contributed by atoms with E-state index in [1.807, 2.05) is 30.3 Å². The summed E-state index contributed by atoms with van der Waals surface area (Å²) in [7, 11) is 0. The van der Waals surface area contributed by atoms with Crippen molar-refractivity contribution in [2.75, 3.05) is 31.1 Å². The van der Waals surface area contributed by atoms with Gasteiger partial charge in [0.15, 0.2) is 5.17 Å². The number of aryl methyl sites for hydroxylation is 1. The fraction of sp³-hybridized carbons (Fsp3) is 0.214. The molecule has 0 aromatic heterocycles. The lowest BCUT2D eigenvalue weighted by Gasteiger charge is -2.36. The van der Waals surface area contributed by atoms with Gasteiger partial charge in [-0.1, -0.05) is 29.8 Å². The first kappa shape index (κ1) is 24.6. The lowest BCUT2D eigenvalue weighted by molar-refractivity contribution is -0.384. The zero-order valence-electron chi connectivity index (χ0n) is 20.4. The van der Waals surface area contributed by atoms with Gasteiger partial charge in [-0.2, -0.15) is 4.99 Å². The molecule has 5 rings (SSSR count). The average Bonchev–Trinajstić information content (AvgIpc) is 3.29. The van der Waals surface area contributed by atoms with E-state index in [-0.39, 0.29) is 11.6 Å². The van der Waals surface area contributed by atoms with Crippen molar-refractivity contribution in [3.63, 3.8) is 0 Å². The van der Waals surface area contributed by atoms with Gasteiger partial charge in [-0.05, 0) is 72.3 Å². The van der Waals surface area contributed by atoms with Crippen molar-refractivity contribution < 1.29 is 14.5 Å². The van der Waals surface area contributed by atoms with Crippen LogP contribution in [0.3, 0.4) is 0 Å². The molecule has 2 aliphatic rings. The van der Waals surface area contributed by atoms with Crippen LogP contribution in [0.5, 0.6) is 5.75 Å². The summed E-state index contributed by atoms with van der Waals surface area (Å²) in [5.74, 6) is 0.466. The number of benzene rings is 3. The number of nitrogens with zero attached hydrogens (tertiary/aromatic N) is 4. The molecule has 0 spiro atoms. The highest BCUT2D eigenvalue weighted by Gasteiger charge is 2.28. The topological polar surface area (TPSA) is 88.3 Å². The molecular weight excluding hydrogens is 488 g/mol. The minimum atomic E-state index is -0.425. The highest BCUT2D eigenvalue weighted by molar-refractivity contribution is 8.18. The Morgan fingerprint density at radius 1 is 0.946 bits per heavy atom. The van der Waals surface area contributed by atoms with Gasteiger partial charge in [0.05, 0.1) is 9.83 Å². The average molecular weight is 515 g/mol. The highest BCUT2D eigenvalue weighted by Crippen LogP contribution is 2.31. The van der Waals surface area contributed by atoms with Gasteiger partial charge in [0.1, 0.15) is 12.4 Å².